The molecular formula is C12H23N3O. The largest absolute Gasteiger partial charge is 0.351 e. The van der Waals surface area contributed by atoms with Gasteiger partial charge in [-0.15, -0.1) is 0 Å². The molecule has 0 aromatic carbocycles. The molecule has 0 bridgehead atoms. The monoisotopic (exact) mass is 225 g/mol. The molecule has 0 aromatic heterocycles. The maximum Gasteiger partial charge on any atom is 0.234 e. The molecule has 92 valence electrons. The molecule has 16 heavy (non-hydrogen) atoms. The summed E-state index contributed by atoms with van der Waals surface area (Å²) in [6.45, 7) is 1.23. The number of rotatable bonds is 5. The Labute approximate surface area is 97.3 Å². The maximum absolute atomic E-state index is 11.3. The highest BCUT2D eigenvalue weighted by atomic mass is 16.1. The van der Waals surface area contributed by atoms with Gasteiger partial charge in [0.1, 0.15) is 0 Å². The van der Waals surface area contributed by atoms with Crippen LogP contribution in [0.4, 0.5) is 0 Å². The fourth-order valence-electron chi connectivity index (χ4n) is 2.45. The highest BCUT2D eigenvalue weighted by molar-refractivity contribution is 5.78. The van der Waals surface area contributed by atoms with Crippen molar-refractivity contribution in [2.45, 2.75) is 50.6 Å². The van der Waals surface area contributed by atoms with Crippen molar-refractivity contribution in [1.29, 1.82) is 0 Å². The summed E-state index contributed by atoms with van der Waals surface area (Å²) < 4.78 is 0. The Morgan fingerprint density at radius 3 is 2.44 bits per heavy atom. The summed E-state index contributed by atoms with van der Waals surface area (Å²) >= 11 is 0. The predicted octanol–water partition coefficient (Wildman–Crippen LogP) is 0.372. The summed E-state index contributed by atoms with van der Waals surface area (Å²) in [5.41, 5.74) is 5.33. The Morgan fingerprint density at radius 2 is 1.81 bits per heavy atom. The van der Waals surface area contributed by atoms with Crippen molar-refractivity contribution >= 4 is 5.91 Å². The van der Waals surface area contributed by atoms with Crippen LogP contribution >= 0.6 is 0 Å². The Kier molecular flexibility index (Phi) is 4.18. The van der Waals surface area contributed by atoms with Gasteiger partial charge in [-0.3, -0.25) is 4.79 Å². The third-order valence-corrected chi connectivity index (χ3v) is 3.66. The highest BCUT2D eigenvalue weighted by Gasteiger charge is 2.28. The fourth-order valence-corrected chi connectivity index (χ4v) is 2.45. The van der Waals surface area contributed by atoms with Crippen LogP contribution in [-0.2, 0) is 4.79 Å². The first-order valence-corrected chi connectivity index (χ1v) is 6.52. The van der Waals surface area contributed by atoms with E-state index in [4.69, 9.17) is 5.73 Å². The maximum atomic E-state index is 11.3. The lowest BCUT2D eigenvalue weighted by Gasteiger charge is -2.33. The number of nitrogens with two attached hydrogens (primary N) is 1. The topological polar surface area (TPSA) is 67.2 Å². The van der Waals surface area contributed by atoms with Gasteiger partial charge in [0.15, 0.2) is 0 Å². The molecule has 4 heteroatoms. The third-order valence-electron chi connectivity index (χ3n) is 3.66. The summed E-state index contributed by atoms with van der Waals surface area (Å²) in [6, 6.07) is 0.758. The molecule has 4 nitrogen and oxygen atoms in total. The molecule has 0 aliphatic heterocycles. The molecule has 2 saturated carbocycles. The van der Waals surface area contributed by atoms with E-state index in [9.17, 15) is 4.79 Å². The van der Waals surface area contributed by atoms with Crippen LogP contribution in [0.1, 0.15) is 38.5 Å². The Balaban J connectivity index is 1.77. The van der Waals surface area contributed by atoms with Crippen LogP contribution < -0.4 is 16.4 Å². The number of amides is 1. The van der Waals surface area contributed by atoms with Crippen molar-refractivity contribution in [2.24, 2.45) is 11.7 Å². The minimum atomic E-state index is -0.0230. The first kappa shape index (κ1) is 11.9. The van der Waals surface area contributed by atoms with Gasteiger partial charge in [0.05, 0.1) is 6.54 Å². The minimum absolute atomic E-state index is 0.0230. The van der Waals surface area contributed by atoms with Crippen LogP contribution in [0.2, 0.25) is 0 Å². The Hall–Kier alpha value is -0.610. The van der Waals surface area contributed by atoms with Crippen LogP contribution in [-0.4, -0.2) is 31.1 Å². The number of hydrogen-bond donors (Lipinski definition) is 3. The van der Waals surface area contributed by atoms with Crippen molar-refractivity contribution in [2.75, 3.05) is 13.1 Å². The first-order valence-electron chi connectivity index (χ1n) is 6.52. The van der Waals surface area contributed by atoms with Crippen LogP contribution in [0.5, 0.6) is 0 Å². The van der Waals surface area contributed by atoms with E-state index in [0.29, 0.717) is 12.1 Å². The van der Waals surface area contributed by atoms with E-state index in [1.54, 1.807) is 0 Å². The SMILES string of the molecule is NCC(=O)NC1CCCCC1NCC1CC1. The van der Waals surface area contributed by atoms with Crippen LogP contribution in [0.15, 0.2) is 0 Å². The summed E-state index contributed by atoms with van der Waals surface area (Å²) in [5, 5.41) is 6.64. The lowest BCUT2D eigenvalue weighted by molar-refractivity contribution is -0.120. The van der Waals surface area contributed by atoms with Gasteiger partial charge in [0.25, 0.3) is 0 Å². The number of carbonyl (C=O) groups is 1. The van der Waals surface area contributed by atoms with Gasteiger partial charge in [0.2, 0.25) is 5.91 Å². The standard InChI is InChI=1S/C12H23N3O/c13-7-12(16)15-11-4-2-1-3-10(11)14-8-9-5-6-9/h9-11,14H,1-8,13H2,(H,15,16). The van der Waals surface area contributed by atoms with E-state index in [0.717, 1.165) is 18.9 Å². The van der Waals surface area contributed by atoms with Gasteiger partial charge >= 0.3 is 0 Å². The second-order valence-corrected chi connectivity index (χ2v) is 5.12. The van der Waals surface area contributed by atoms with Gasteiger partial charge < -0.3 is 16.4 Å². The summed E-state index contributed by atoms with van der Waals surface area (Å²) in [5.74, 6) is 0.873. The molecule has 0 radical (unpaired) electrons. The molecule has 0 heterocycles. The zero-order chi connectivity index (χ0) is 11.4. The molecule has 2 fully saturated rings. The predicted molar refractivity (Wildman–Crippen MR) is 64.0 cm³/mol. The van der Waals surface area contributed by atoms with Crippen LogP contribution in [0.25, 0.3) is 0 Å². The number of carbonyl (C=O) groups excluding carboxylic acids is 1. The summed E-state index contributed by atoms with van der Waals surface area (Å²) in [6.07, 6.45) is 7.52. The molecule has 2 aliphatic rings. The molecule has 4 N–H and O–H groups in total. The molecule has 2 unspecified atom stereocenters. The van der Waals surface area contributed by atoms with E-state index >= 15 is 0 Å². The second kappa shape index (κ2) is 5.64. The van der Waals surface area contributed by atoms with E-state index in [1.807, 2.05) is 0 Å². The smallest absolute Gasteiger partial charge is 0.234 e. The summed E-state index contributed by atoms with van der Waals surface area (Å²) in [7, 11) is 0. The summed E-state index contributed by atoms with van der Waals surface area (Å²) in [4.78, 5) is 11.3. The average Bonchev–Trinajstić information content (AvgIpc) is 3.11. The molecule has 0 aromatic rings. The zero-order valence-corrected chi connectivity index (χ0v) is 9.87. The lowest BCUT2D eigenvalue weighted by Crippen LogP contribution is -2.53. The average molecular weight is 225 g/mol. The molecule has 0 saturated heterocycles. The minimum Gasteiger partial charge on any atom is -0.351 e. The lowest BCUT2D eigenvalue weighted by atomic mass is 9.90. The van der Waals surface area contributed by atoms with E-state index in [1.165, 1.54) is 32.1 Å². The van der Waals surface area contributed by atoms with Crippen LogP contribution in [0.3, 0.4) is 0 Å². The molecule has 2 rings (SSSR count). The molecule has 0 spiro atoms. The van der Waals surface area contributed by atoms with Gasteiger partial charge in [-0.2, -0.15) is 0 Å². The van der Waals surface area contributed by atoms with Gasteiger partial charge in [-0.25, -0.2) is 0 Å². The van der Waals surface area contributed by atoms with Crippen molar-refractivity contribution in [3.63, 3.8) is 0 Å². The van der Waals surface area contributed by atoms with Crippen molar-refractivity contribution in [1.82, 2.24) is 10.6 Å². The van der Waals surface area contributed by atoms with E-state index in [2.05, 4.69) is 10.6 Å². The normalized spacial score (nSPS) is 30.1. The molecule has 2 aliphatic carbocycles. The third kappa shape index (κ3) is 3.46. The van der Waals surface area contributed by atoms with Crippen molar-refractivity contribution in [3.05, 3.63) is 0 Å². The highest BCUT2D eigenvalue weighted by Crippen LogP contribution is 2.28. The van der Waals surface area contributed by atoms with Crippen molar-refractivity contribution < 1.29 is 4.79 Å². The fraction of sp³-hybridized carbons (Fsp3) is 0.917. The second-order valence-electron chi connectivity index (χ2n) is 5.12. The van der Waals surface area contributed by atoms with E-state index < -0.39 is 0 Å². The van der Waals surface area contributed by atoms with Crippen molar-refractivity contribution in [3.8, 4) is 0 Å². The van der Waals surface area contributed by atoms with Gasteiger partial charge in [0, 0.05) is 12.1 Å². The van der Waals surface area contributed by atoms with E-state index in [-0.39, 0.29) is 12.5 Å². The number of nitrogens with one attached hydrogen (secondary N) is 2. The molecule has 2 atom stereocenters. The quantitative estimate of drug-likeness (QED) is 0.633. The van der Waals surface area contributed by atoms with Crippen LogP contribution in [0, 0.1) is 5.92 Å². The molecular weight excluding hydrogens is 202 g/mol. The number of hydrogen-bond acceptors (Lipinski definition) is 3. The Morgan fingerprint density at radius 1 is 1.12 bits per heavy atom. The first-order chi connectivity index (χ1) is 7.79. The zero-order valence-electron chi connectivity index (χ0n) is 9.87. The Bertz CT molecular complexity index is 240. The molecule has 1 amide bonds. The van der Waals surface area contributed by atoms with Gasteiger partial charge in [-0.05, 0) is 38.1 Å². The van der Waals surface area contributed by atoms with Gasteiger partial charge in [-0.1, -0.05) is 12.8 Å².